The lowest BCUT2D eigenvalue weighted by molar-refractivity contribution is -0.123. The number of rotatable bonds is 7. The highest BCUT2D eigenvalue weighted by molar-refractivity contribution is 6.59. The first-order valence-electron chi connectivity index (χ1n) is 8.03. The molecule has 2 N–H and O–H groups in total. The number of amides is 1. The van der Waals surface area contributed by atoms with Crippen molar-refractivity contribution in [1.82, 2.24) is 4.90 Å². The second kappa shape index (κ2) is 9.06. The van der Waals surface area contributed by atoms with Crippen LogP contribution in [-0.2, 0) is 11.2 Å². The molecular formula is C19H22BNO4. The smallest absolute Gasteiger partial charge is 0.489 e. The monoisotopic (exact) mass is 339 g/mol. The third-order valence-electron chi connectivity index (χ3n) is 3.68. The van der Waals surface area contributed by atoms with Crippen molar-refractivity contribution in [3.63, 3.8) is 0 Å². The number of nitrogens with zero attached hydrogens (tertiary/aromatic N) is 1. The molecule has 0 radical (unpaired) electrons. The Kier molecular flexibility index (Phi) is 6.80. The fraction of sp³-hybridized carbons (Fsp3) is 0.211. The average molecular weight is 339 g/mol. The van der Waals surface area contributed by atoms with Gasteiger partial charge in [-0.1, -0.05) is 36.4 Å². The van der Waals surface area contributed by atoms with Gasteiger partial charge >= 0.3 is 7.12 Å². The Balaban J connectivity index is 2.09. The van der Waals surface area contributed by atoms with Gasteiger partial charge in [0.25, 0.3) is 0 Å². The summed E-state index contributed by atoms with van der Waals surface area (Å²) in [5.41, 5.74) is 2.03. The second-order valence-electron chi connectivity index (χ2n) is 5.81. The molecule has 0 bridgehead atoms. The standard InChI is InChI=1S/C19H22BNO4/c1-21(2)19(22)11-8-16-14-17(9-10-18(16)20(23)24)25-13-12-15-6-4-3-5-7-15/h3-11,14,23-24H,12-13H2,1-2H3. The Bertz CT molecular complexity index is 729. The first-order chi connectivity index (χ1) is 12.0. The molecule has 0 aliphatic rings. The van der Waals surface area contributed by atoms with E-state index in [2.05, 4.69) is 0 Å². The van der Waals surface area contributed by atoms with E-state index in [4.69, 9.17) is 4.74 Å². The molecule has 0 fully saturated rings. The van der Waals surface area contributed by atoms with Gasteiger partial charge < -0.3 is 19.7 Å². The Hall–Kier alpha value is -2.57. The number of hydrogen-bond donors (Lipinski definition) is 2. The van der Waals surface area contributed by atoms with Gasteiger partial charge in [-0.25, -0.2) is 0 Å². The van der Waals surface area contributed by atoms with Crippen LogP contribution >= 0.6 is 0 Å². The van der Waals surface area contributed by atoms with Gasteiger partial charge in [0, 0.05) is 26.6 Å². The van der Waals surface area contributed by atoms with E-state index < -0.39 is 7.12 Å². The minimum atomic E-state index is -1.62. The molecule has 5 nitrogen and oxygen atoms in total. The highest BCUT2D eigenvalue weighted by Crippen LogP contribution is 2.14. The molecule has 2 rings (SSSR count). The molecule has 0 unspecified atom stereocenters. The van der Waals surface area contributed by atoms with E-state index in [1.165, 1.54) is 16.5 Å². The fourth-order valence-electron chi connectivity index (χ4n) is 2.26. The summed E-state index contributed by atoms with van der Waals surface area (Å²) in [5, 5.41) is 19.0. The third-order valence-corrected chi connectivity index (χ3v) is 3.68. The van der Waals surface area contributed by atoms with Crippen molar-refractivity contribution in [2.24, 2.45) is 0 Å². The average Bonchev–Trinajstić information content (AvgIpc) is 2.60. The molecule has 0 atom stereocenters. The minimum absolute atomic E-state index is 0.186. The second-order valence-corrected chi connectivity index (χ2v) is 5.81. The number of likely N-dealkylation sites (N-methyl/N-ethyl adjacent to an activating group) is 1. The van der Waals surface area contributed by atoms with Crippen LogP contribution in [0.5, 0.6) is 5.75 Å². The van der Waals surface area contributed by atoms with Gasteiger partial charge in [0.2, 0.25) is 5.91 Å². The van der Waals surface area contributed by atoms with E-state index in [1.54, 1.807) is 38.4 Å². The highest BCUT2D eigenvalue weighted by Gasteiger charge is 2.15. The van der Waals surface area contributed by atoms with E-state index in [1.807, 2.05) is 30.3 Å². The molecule has 0 heterocycles. The Labute approximate surface area is 148 Å². The molecular weight excluding hydrogens is 317 g/mol. The number of carbonyl (C=O) groups excluding carboxylic acids is 1. The molecule has 2 aromatic rings. The summed E-state index contributed by atoms with van der Waals surface area (Å²) in [6, 6.07) is 15.0. The molecule has 0 saturated heterocycles. The minimum Gasteiger partial charge on any atom is -0.493 e. The summed E-state index contributed by atoms with van der Waals surface area (Å²) in [6.07, 6.45) is 3.71. The van der Waals surface area contributed by atoms with Crippen molar-refractivity contribution in [1.29, 1.82) is 0 Å². The van der Waals surface area contributed by atoms with Crippen molar-refractivity contribution in [3.8, 4) is 5.75 Å². The van der Waals surface area contributed by atoms with E-state index in [-0.39, 0.29) is 5.91 Å². The molecule has 2 aromatic carbocycles. The molecule has 0 saturated carbocycles. The van der Waals surface area contributed by atoms with Gasteiger partial charge in [-0.2, -0.15) is 0 Å². The van der Waals surface area contributed by atoms with E-state index in [0.29, 0.717) is 23.4 Å². The first kappa shape index (κ1) is 18.8. The Morgan fingerprint density at radius 2 is 1.88 bits per heavy atom. The van der Waals surface area contributed by atoms with E-state index in [9.17, 15) is 14.8 Å². The van der Waals surface area contributed by atoms with Gasteiger partial charge in [-0.05, 0) is 34.8 Å². The van der Waals surface area contributed by atoms with E-state index >= 15 is 0 Å². The molecule has 0 aliphatic carbocycles. The lowest BCUT2D eigenvalue weighted by atomic mass is 9.77. The van der Waals surface area contributed by atoms with Crippen LogP contribution in [0.4, 0.5) is 0 Å². The van der Waals surface area contributed by atoms with Crippen molar-refractivity contribution in [2.45, 2.75) is 6.42 Å². The molecule has 6 heteroatoms. The lowest BCUT2D eigenvalue weighted by Crippen LogP contribution is -2.32. The van der Waals surface area contributed by atoms with Crippen LogP contribution in [0.15, 0.2) is 54.6 Å². The van der Waals surface area contributed by atoms with Crippen molar-refractivity contribution in [2.75, 3.05) is 20.7 Å². The summed E-state index contributed by atoms with van der Waals surface area (Å²) < 4.78 is 5.75. The van der Waals surface area contributed by atoms with Crippen molar-refractivity contribution >= 4 is 24.6 Å². The molecule has 0 aromatic heterocycles. The van der Waals surface area contributed by atoms with Crippen LogP contribution in [0.2, 0.25) is 0 Å². The number of hydrogen-bond acceptors (Lipinski definition) is 4. The summed E-state index contributed by atoms with van der Waals surface area (Å²) in [4.78, 5) is 13.1. The quantitative estimate of drug-likeness (QED) is 0.585. The van der Waals surface area contributed by atoms with Crippen LogP contribution in [0, 0.1) is 0 Å². The number of carbonyl (C=O) groups is 1. The maximum Gasteiger partial charge on any atom is 0.489 e. The third kappa shape index (κ3) is 5.78. The zero-order chi connectivity index (χ0) is 18.2. The first-order valence-corrected chi connectivity index (χ1v) is 8.03. The van der Waals surface area contributed by atoms with Gasteiger partial charge in [0.1, 0.15) is 5.75 Å². The summed E-state index contributed by atoms with van der Waals surface area (Å²) in [6.45, 7) is 0.505. The molecule has 1 amide bonds. The topological polar surface area (TPSA) is 70.0 Å². The largest absolute Gasteiger partial charge is 0.493 e. The van der Waals surface area contributed by atoms with Crippen LogP contribution in [-0.4, -0.2) is 48.7 Å². The number of ether oxygens (including phenoxy) is 1. The predicted octanol–water partition coefficient (Wildman–Crippen LogP) is 1.09. The maximum absolute atomic E-state index is 11.7. The van der Waals surface area contributed by atoms with E-state index in [0.717, 1.165) is 6.42 Å². The molecule has 0 spiro atoms. The van der Waals surface area contributed by atoms with Crippen molar-refractivity contribution in [3.05, 3.63) is 65.7 Å². The zero-order valence-electron chi connectivity index (χ0n) is 14.4. The Morgan fingerprint density at radius 1 is 1.16 bits per heavy atom. The van der Waals surface area contributed by atoms with Gasteiger partial charge in [0.15, 0.2) is 0 Å². The van der Waals surface area contributed by atoms with Gasteiger partial charge in [0.05, 0.1) is 6.61 Å². The number of benzene rings is 2. The summed E-state index contributed by atoms with van der Waals surface area (Å²) >= 11 is 0. The van der Waals surface area contributed by atoms with Gasteiger partial charge in [-0.3, -0.25) is 4.79 Å². The highest BCUT2D eigenvalue weighted by atomic mass is 16.5. The van der Waals surface area contributed by atoms with Crippen LogP contribution in [0.25, 0.3) is 6.08 Å². The summed E-state index contributed by atoms with van der Waals surface area (Å²) in [7, 11) is 1.68. The van der Waals surface area contributed by atoms with Crippen LogP contribution < -0.4 is 10.2 Å². The summed E-state index contributed by atoms with van der Waals surface area (Å²) in [5.74, 6) is 0.422. The van der Waals surface area contributed by atoms with Crippen LogP contribution in [0.1, 0.15) is 11.1 Å². The van der Waals surface area contributed by atoms with Crippen LogP contribution in [0.3, 0.4) is 0 Å². The fourth-order valence-corrected chi connectivity index (χ4v) is 2.26. The predicted molar refractivity (Wildman–Crippen MR) is 99.6 cm³/mol. The normalized spacial score (nSPS) is 10.7. The Morgan fingerprint density at radius 3 is 2.52 bits per heavy atom. The maximum atomic E-state index is 11.7. The molecule has 130 valence electrons. The molecule has 25 heavy (non-hydrogen) atoms. The van der Waals surface area contributed by atoms with Gasteiger partial charge in [-0.15, -0.1) is 0 Å². The SMILES string of the molecule is CN(C)C(=O)C=Cc1cc(OCCc2ccccc2)ccc1B(O)O. The molecule has 0 aliphatic heterocycles. The zero-order valence-corrected chi connectivity index (χ0v) is 14.4. The lowest BCUT2D eigenvalue weighted by Gasteiger charge is -2.11. The van der Waals surface area contributed by atoms with Crippen molar-refractivity contribution < 1.29 is 19.6 Å².